The maximum absolute atomic E-state index is 4.50. The van der Waals surface area contributed by atoms with E-state index in [0.717, 1.165) is 9.52 Å². The standard InChI is InChI=1S/C4H9O.C2H7Si.BrH.Mg/c1-4(2)5-3;1-3-2;;/h4H,3H2,1-2H3;3H,1-2H3;1H;/q2*-1;;+2. The Morgan fingerprint density at radius 2 is 1.40 bits per heavy atom. The van der Waals surface area contributed by atoms with E-state index in [9.17, 15) is 0 Å². The Hall–Kier alpha value is 1.42. The van der Waals surface area contributed by atoms with Gasteiger partial charge >= 0.3 is 23.1 Å². The summed E-state index contributed by atoms with van der Waals surface area (Å²) in [5.41, 5.74) is 0. The third kappa shape index (κ3) is 57.1. The number of ether oxygens (including phenoxy) is 1. The van der Waals surface area contributed by atoms with Gasteiger partial charge in [0.2, 0.25) is 0 Å². The normalized spacial score (nSPS) is 6.60. The van der Waals surface area contributed by atoms with Crippen molar-refractivity contribution < 1.29 is 4.74 Å². The quantitative estimate of drug-likeness (QED) is 0.500. The van der Waals surface area contributed by atoms with Crippen molar-refractivity contribution in [3.63, 3.8) is 0 Å². The molecule has 0 spiro atoms. The van der Waals surface area contributed by atoms with E-state index in [1.165, 1.54) is 0 Å². The summed E-state index contributed by atoms with van der Waals surface area (Å²) in [6.07, 6.45) is 0.273. The molecular weight excluding hydrogens is 220 g/mol. The second kappa shape index (κ2) is 22.4. The van der Waals surface area contributed by atoms with Gasteiger partial charge in [-0.2, -0.15) is 13.1 Å². The molecule has 0 heterocycles. The van der Waals surface area contributed by atoms with Crippen LogP contribution in [-0.2, 0) is 4.74 Å². The van der Waals surface area contributed by atoms with Crippen molar-refractivity contribution in [3.8, 4) is 0 Å². The minimum absolute atomic E-state index is 0. The van der Waals surface area contributed by atoms with Crippen molar-refractivity contribution >= 4 is 49.6 Å². The van der Waals surface area contributed by atoms with Crippen LogP contribution in [-0.4, -0.2) is 38.7 Å². The van der Waals surface area contributed by atoms with E-state index in [1.807, 2.05) is 13.8 Å². The van der Waals surface area contributed by atoms with Gasteiger partial charge in [-0.25, -0.2) is 7.11 Å². The van der Waals surface area contributed by atoms with Crippen molar-refractivity contribution in [2.75, 3.05) is 0 Å². The summed E-state index contributed by atoms with van der Waals surface area (Å²) in [6, 6.07) is 0. The molecule has 4 heteroatoms. The second-order valence-corrected chi connectivity index (χ2v) is 2.95. The summed E-state index contributed by atoms with van der Waals surface area (Å²) in [6.45, 7) is 8.29. The fourth-order valence-corrected chi connectivity index (χ4v) is 0. The fourth-order valence-electron chi connectivity index (χ4n) is 0. The first-order chi connectivity index (χ1) is 3.68. The molecule has 0 aromatic rings. The zero-order chi connectivity index (χ0) is 6.99. The number of halogens is 1. The third-order valence-electron chi connectivity index (χ3n) is 0.333. The Bertz CT molecular complexity index is 38.9. The zero-order valence-corrected chi connectivity index (χ0v) is 11.7. The smallest absolute Gasteiger partial charge is 0.553 e. The van der Waals surface area contributed by atoms with Crippen molar-refractivity contribution in [1.29, 1.82) is 0 Å². The number of rotatable bonds is 1. The first kappa shape index (κ1) is 22.5. The summed E-state index contributed by atoms with van der Waals surface area (Å²) in [4.78, 5) is 0. The van der Waals surface area contributed by atoms with Gasteiger partial charge in [-0.3, -0.25) is 9.52 Å². The molecule has 0 fully saturated rings. The van der Waals surface area contributed by atoms with Crippen molar-refractivity contribution in [2.45, 2.75) is 33.0 Å². The monoisotopic (exact) mass is 236 g/mol. The SMILES string of the molecule is Br.C[SiH-]C.[CH2-]OC(C)C.[Mg+2]. The summed E-state index contributed by atoms with van der Waals surface area (Å²) >= 11 is 0. The van der Waals surface area contributed by atoms with Gasteiger partial charge in [-0.15, -0.1) is 17.0 Å². The molecule has 0 aliphatic rings. The van der Waals surface area contributed by atoms with Crippen LogP contribution in [0.4, 0.5) is 0 Å². The van der Waals surface area contributed by atoms with Gasteiger partial charge in [-0.1, -0.05) is 0 Å². The summed E-state index contributed by atoms with van der Waals surface area (Å²) in [7, 11) is 3.94. The maximum Gasteiger partial charge on any atom is 2.00 e. The second-order valence-electron chi connectivity index (χ2n) is 1.79. The molecule has 0 aromatic carbocycles. The van der Waals surface area contributed by atoms with Crippen molar-refractivity contribution in [1.82, 2.24) is 0 Å². The molecule has 0 aliphatic heterocycles. The van der Waals surface area contributed by atoms with Gasteiger partial charge in [-0.05, 0) is 13.8 Å². The summed E-state index contributed by atoms with van der Waals surface area (Å²) in [5, 5.41) is 0. The first-order valence-electron chi connectivity index (χ1n) is 2.83. The Morgan fingerprint density at radius 3 is 1.40 bits per heavy atom. The molecule has 0 rings (SSSR count). The van der Waals surface area contributed by atoms with Gasteiger partial charge in [0.15, 0.2) is 0 Å². The van der Waals surface area contributed by atoms with Crippen LogP contribution < -0.4 is 0 Å². The minimum atomic E-state index is 0. The molecule has 0 atom stereocenters. The van der Waals surface area contributed by atoms with Crippen LogP contribution in [0, 0.1) is 7.11 Å². The van der Waals surface area contributed by atoms with Crippen LogP contribution in [0.5, 0.6) is 0 Å². The minimum Gasteiger partial charge on any atom is -0.553 e. The molecule has 0 bridgehead atoms. The average molecular weight is 237 g/mol. The third-order valence-corrected chi connectivity index (χ3v) is 0.333. The van der Waals surface area contributed by atoms with E-state index >= 15 is 0 Å². The zero-order valence-electron chi connectivity index (χ0n) is 7.39. The maximum atomic E-state index is 4.50. The Kier molecular flexibility index (Phi) is 50.5. The van der Waals surface area contributed by atoms with Crippen molar-refractivity contribution in [3.05, 3.63) is 7.11 Å². The Labute approximate surface area is 94.0 Å². The molecule has 0 unspecified atom stereocenters. The van der Waals surface area contributed by atoms with Gasteiger partial charge in [0.25, 0.3) is 0 Å². The number of hydrogen-bond acceptors (Lipinski definition) is 1. The molecule has 0 N–H and O–H groups in total. The molecule has 0 amide bonds. The molecular formula is C6H17BrMgOSi. The van der Waals surface area contributed by atoms with Crippen LogP contribution in [0.15, 0.2) is 0 Å². The molecule has 0 radical (unpaired) electrons. The van der Waals surface area contributed by atoms with E-state index in [0.29, 0.717) is 0 Å². The first-order valence-corrected chi connectivity index (χ1v) is 5.14. The predicted octanol–water partition coefficient (Wildman–Crippen LogP) is 1.92. The molecule has 0 aromatic heterocycles. The average Bonchev–Trinajstić information content (AvgIpc) is 1.69. The van der Waals surface area contributed by atoms with Gasteiger partial charge in [0.1, 0.15) is 0 Å². The van der Waals surface area contributed by atoms with E-state index in [-0.39, 0.29) is 46.1 Å². The molecule has 1 nitrogen and oxygen atoms in total. The van der Waals surface area contributed by atoms with Gasteiger partial charge in [0.05, 0.1) is 0 Å². The van der Waals surface area contributed by atoms with Crippen LogP contribution in [0.1, 0.15) is 13.8 Å². The summed E-state index contributed by atoms with van der Waals surface area (Å²) in [5.74, 6) is 0. The van der Waals surface area contributed by atoms with Crippen LogP contribution in [0.2, 0.25) is 13.1 Å². The van der Waals surface area contributed by atoms with Crippen LogP contribution in [0.3, 0.4) is 0 Å². The van der Waals surface area contributed by atoms with E-state index in [4.69, 9.17) is 0 Å². The van der Waals surface area contributed by atoms with Crippen LogP contribution in [0.25, 0.3) is 0 Å². The van der Waals surface area contributed by atoms with Gasteiger partial charge in [0, 0.05) is 6.10 Å². The predicted molar refractivity (Wildman–Crippen MR) is 56.5 cm³/mol. The fraction of sp³-hybridized carbons (Fsp3) is 0.833. The summed E-state index contributed by atoms with van der Waals surface area (Å²) < 4.78 is 4.50. The largest absolute Gasteiger partial charge is 2.00 e. The van der Waals surface area contributed by atoms with Crippen LogP contribution >= 0.6 is 17.0 Å². The Balaban J connectivity index is -0.0000000326. The van der Waals surface area contributed by atoms with E-state index in [2.05, 4.69) is 24.9 Å². The topological polar surface area (TPSA) is 9.23 Å². The molecule has 0 saturated carbocycles. The van der Waals surface area contributed by atoms with Gasteiger partial charge < -0.3 is 4.74 Å². The molecule has 60 valence electrons. The van der Waals surface area contributed by atoms with E-state index in [1.54, 1.807) is 0 Å². The molecule has 0 saturated heterocycles. The van der Waals surface area contributed by atoms with Crippen molar-refractivity contribution in [2.24, 2.45) is 0 Å². The number of hydrogen-bond donors (Lipinski definition) is 0. The Morgan fingerprint density at radius 1 is 1.30 bits per heavy atom. The van der Waals surface area contributed by atoms with E-state index < -0.39 is 0 Å². The molecule has 10 heavy (non-hydrogen) atoms. The molecule has 0 aliphatic carbocycles.